The van der Waals surface area contributed by atoms with Crippen molar-refractivity contribution < 1.29 is 56.6 Å². The number of aliphatic hydroxyl groups is 4. The summed E-state index contributed by atoms with van der Waals surface area (Å²) in [6.07, 6.45) is -8.60. The van der Waals surface area contributed by atoms with Crippen LogP contribution in [0.25, 0.3) is 0 Å². The Kier molecular flexibility index (Phi) is 9.74. The predicted molar refractivity (Wildman–Crippen MR) is 105 cm³/mol. The van der Waals surface area contributed by atoms with Crippen molar-refractivity contribution in [1.29, 1.82) is 0 Å². The van der Waals surface area contributed by atoms with Crippen LogP contribution in [0.4, 0.5) is 0 Å². The van der Waals surface area contributed by atoms with E-state index in [2.05, 4.69) is 5.32 Å². The fraction of sp³-hybridized carbons (Fsp3) is 0.941. The topological polar surface area (TPSA) is 227 Å². The molecule has 1 amide bonds. The molecule has 8 N–H and O–H groups in total. The molecule has 2 saturated heterocycles. The van der Waals surface area contributed by atoms with Crippen LogP contribution >= 0.6 is 0 Å². The summed E-state index contributed by atoms with van der Waals surface area (Å²) >= 11 is 0. The average Bonchev–Trinajstić information content (AvgIpc) is 2.72. The summed E-state index contributed by atoms with van der Waals surface area (Å²) in [6, 6.07) is -2.36. The first-order valence-corrected chi connectivity index (χ1v) is 11.5. The SMILES string of the molecule is CC[C@@H]1O[C@@H](CO)[C@@H](OC2OC(CO)[C@@H](CO)[C@H](O)[C@@H]2N)C(OS(=O)(=O)O)C1NC(C)=O. The molecule has 188 valence electrons. The van der Waals surface area contributed by atoms with Crippen molar-refractivity contribution in [3.05, 3.63) is 0 Å². The second-order valence-electron chi connectivity index (χ2n) is 7.76. The van der Waals surface area contributed by atoms with Crippen molar-refractivity contribution in [3.8, 4) is 0 Å². The third-order valence-electron chi connectivity index (χ3n) is 5.60. The molecule has 10 atom stereocenters. The number of hydrogen-bond donors (Lipinski definition) is 7. The number of nitrogens with one attached hydrogen (secondary N) is 1. The minimum Gasteiger partial charge on any atom is -0.396 e. The highest BCUT2D eigenvalue weighted by molar-refractivity contribution is 7.80. The fourth-order valence-electron chi connectivity index (χ4n) is 4.05. The van der Waals surface area contributed by atoms with Crippen LogP contribution in [-0.2, 0) is 33.6 Å². The van der Waals surface area contributed by atoms with E-state index in [9.17, 15) is 38.2 Å². The average molecular weight is 489 g/mol. The maximum absolute atomic E-state index is 11.7. The van der Waals surface area contributed by atoms with E-state index in [4.69, 9.17) is 24.1 Å². The maximum atomic E-state index is 11.7. The lowest BCUT2D eigenvalue weighted by Gasteiger charge is -2.48. The lowest BCUT2D eigenvalue weighted by molar-refractivity contribution is -0.305. The Hall–Kier alpha value is -0.980. The maximum Gasteiger partial charge on any atom is 0.397 e. The highest BCUT2D eigenvalue weighted by atomic mass is 32.3. The first kappa shape index (κ1) is 27.3. The Morgan fingerprint density at radius 1 is 1.06 bits per heavy atom. The molecule has 0 aliphatic carbocycles. The van der Waals surface area contributed by atoms with Gasteiger partial charge in [0.05, 0.1) is 50.2 Å². The Bertz CT molecular complexity index is 722. The fourth-order valence-corrected chi connectivity index (χ4v) is 4.56. The molecule has 32 heavy (non-hydrogen) atoms. The van der Waals surface area contributed by atoms with Gasteiger partial charge >= 0.3 is 10.4 Å². The minimum atomic E-state index is -5.04. The van der Waals surface area contributed by atoms with E-state index in [-0.39, 0.29) is 6.42 Å². The van der Waals surface area contributed by atoms with E-state index in [0.29, 0.717) is 0 Å². The third kappa shape index (κ3) is 6.32. The van der Waals surface area contributed by atoms with Gasteiger partial charge in [0, 0.05) is 12.8 Å². The van der Waals surface area contributed by atoms with Gasteiger partial charge in [-0.25, -0.2) is 4.18 Å². The van der Waals surface area contributed by atoms with E-state index in [1.54, 1.807) is 6.92 Å². The number of rotatable bonds is 9. The zero-order valence-electron chi connectivity index (χ0n) is 17.7. The van der Waals surface area contributed by atoms with Crippen molar-refractivity contribution in [2.45, 2.75) is 75.3 Å². The zero-order chi connectivity index (χ0) is 24.2. The molecule has 0 spiro atoms. The largest absolute Gasteiger partial charge is 0.397 e. The Balaban J connectivity index is 2.40. The second-order valence-corrected chi connectivity index (χ2v) is 8.81. The van der Waals surface area contributed by atoms with E-state index < -0.39 is 97.0 Å². The van der Waals surface area contributed by atoms with Gasteiger partial charge in [-0.1, -0.05) is 6.92 Å². The van der Waals surface area contributed by atoms with Crippen molar-refractivity contribution in [2.24, 2.45) is 11.7 Å². The van der Waals surface area contributed by atoms with Gasteiger partial charge in [-0.2, -0.15) is 8.42 Å². The predicted octanol–water partition coefficient (Wildman–Crippen LogP) is -3.75. The monoisotopic (exact) mass is 488 g/mol. The van der Waals surface area contributed by atoms with Crippen LogP contribution in [0.3, 0.4) is 0 Å². The summed E-state index contributed by atoms with van der Waals surface area (Å²) in [4.78, 5) is 11.7. The second kappa shape index (κ2) is 11.4. The number of nitrogens with two attached hydrogens (primary N) is 1. The van der Waals surface area contributed by atoms with Gasteiger partial charge in [-0.05, 0) is 6.42 Å². The summed E-state index contributed by atoms with van der Waals surface area (Å²) in [5.74, 6) is -1.46. The van der Waals surface area contributed by atoms with Gasteiger partial charge in [0.1, 0.15) is 18.3 Å². The van der Waals surface area contributed by atoms with Crippen molar-refractivity contribution in [2.75, 3.05) is 19.8 Å². The Morgan fingerprint density at radius 2 is 1.69 bits per heavy atom. The Labute approximate surface area is 185 Å². The van der Waals surface area contributed by atoms with Crippen molar-refractivity contribution in [3.63, 3.8) is 0 Å². The standard InChI is InChI=1S/C17H32N2O12S/c1-3-9-13(19-7(2)23)16(31-32(25,26)27)15(11(6-22)28-9)30-17-12(18)14(24)8(4-20)10(5-21)29-17/h8-17,20-22,24H,3-6,18H2,1-2H3,(H,19,23)(H,25,26,27)/t8-,9+,10?,11+,12+,13?,14+,15-,16?,17?/m1/s1. The van der Waals surface area contributed by atoms with Crippen LogP contribution < -0.4 is 11.1 Å². The molecule has 2 heterocycles. The summed E-state index contributed by atoms with van der Waals surface area (Å²) in [5.41, 5.74) is 5.98. The Morgan fingerprint density at radius 3 is 2.16 bits per heavy atom. The van der Waals surface area contributed by atoms with E-state index >= 15 is 0 Å². The van der Waals surface area contributed by atoms with Gasteiger partial charge in [0.25, 0.3) is 0 Å². The zero-order valence-corrected chi connectivity index (χ0v) is 18.5. The lowest BCUT2D eigenvalue weighted by atomic mass is 9.88. The highest BCUT2D eigenvalue weighted by Crippen LogP contribution is 2.32. The van der Waals surface area contributed by atoms with Crippen molar-refractivity contribution in [1.82, 2.24) is 5.32 Å². The van der Waals surface area contributed by atoms with Crippen LogP contribution in [0, 0.1) is 5.92 Å². The summed E-state index contributed by atoms with van der Waals surface area (Å²) in [6.45, 7) is 1.10. The number of aliphatic hydroxyl groups excluding tert-OH is 4. The molecule has 15 heteroatoms. The molecular formula is C17H32N2O12S. The molecule has 0 aromatic heterocycles. The lowest BCUT2D eigenvalue weighted by Crippen LogP contribution is -2.68. The van der Waals surface area contributed by atoms with E-state index in [1.807, 2.05) is 0 Å². The van der Waals surface area contributed by atoms with Crippen LogP contribution in [0.2, 0.25) is 0 Å². The number of carbonyl (C=O) groups is 1. The van der Waals surface area contributed by atoms with Gasteiger partial charge in [-0.15, -0.1) is 0 Å². The summed E-state index contributed by atoms with van der Waals surface area (Å²) in [5, 5.41) is 41.7. The molecule has 2 aliphatic rings. The molecule has 0 aromatic carbocycles. The van der Waals surface area contributed by atoms with Crippen LogP contribution in [0.5, 0.6) is 0 Å². The highest BCUT2D eigenvalue weighted by Gasteiger charge is 2.52. The number of carbonyl (C=O) groups excluding carboxylic acids is 1. The van der Waals surface area contributed by atoms with Gasteiger partial charge in [-0.3, -0.25) is 9.35 Å². The molecule has 0 saturated carbocycles. The molecular weight excluding hydrogens is 456 g/mol. The van der Waals surface area contributed by atoms with Crippen LogP contribution in [0.15, 0.2) is 0 Å². The molecule has 0 radical (unpaired) electrons. The van der Waals surface area contributed by atoms with Crippen LogP contribution in [-0.4, -0.2) is 114 Å². The van der Waals surface area contributed by atoms with E-state index in [0.717, 1.165) is 0 Å². The first-order valence-electron chi connectivity index (χ1n) is 10.1. The van der Waals surface area contributed by atoms with Crippen LogP contribution in [0.1, 0.15) is 20.3 Å². The normalized spacial score (nSPS) is 40.8. The van der Waals surface area contributed by atoms with Gasteiger partial charge in [0.15, 0.2) is 6.29 Å². The molecule has 4 unspecified atom stereocenters. The molecule has 0 bridgehead atoms. The van der Waals surface area contributed by atoms with Gasteiger partial charge in [0.2, 0.25) is 5.91 Å². The van der Waals surface area contributed by atoms with Crippen molar-refractivity contribution >= 4 is 16.3 Å². The summed E-state index contributed by atoms with van der Waals surface area (Å²) < 4.78 is 54.3. The van der Waals surface area contributed by atoms with E-state index in [1.165, 1.54) is 6.92 Å². The molecule has 2 aliphatic heterocycles. The number of ether oxygens (including phenoxy) is 3. The number of amides is 1. The third-order valence-corrected chi connectivity index (χ3v) is 6.06. The molecule has 2 rings (SSSR count). The minimum absolute atomic E-state index is 0.280. The number of hydrogen-bond acceptors (Lipinski definition) is 12. The molecule has 2 fully saturated rings. The molecule has 0 aromatic rings. The molecule has 14 nitrogen and oxygen atoms in total. The van der Waals surface area contributed by atoms with Gasteiger partial charge < -0.3 is 45.7 Å². The quantitative estimate of drug-likeness (QED) is 0.155. The first-order chi connectivity index (χ1) is 15.0. The summed E-state index contributed by atoms with van der Waals surface area (Å²) in [7, 11) is -5.04. The smallest absolute Gasteiger partial charge is 0.396 e.